The van der Waals surface area contributed by atoms with Gasteiger partial charge in [0.15, 0.2) is 23.1 Å². The topological polar surface area (TPSA) is 64.7 Å². The van der Waals surface area contributed by atoms with Crippen LogP contribution in [0.15, 0.2) is 174 Å². The zero-order chi connectivity index (χ0) is 33.7. The predicted molar refractivity (Wildman–Crippen MR) is 207 cm³/mol. The van der Waals surface area contributed by atoms with Crippen LogP contribution in [0.2, 0.25) is 0 Å². The Hall–Kier alpha value is -6.98. The fraction of sp³-hybridized carbons (Fsp3) is 0. The lowest BCUT2D eigenvalue weighted by Crippen LogP contribution is -2.00. The molecule has 0 aliphatic heterocycles. The Morgan fingerprint density at radius 1 is 0.294 bits per heavy atom. The molecule has 0 atom stereocenters. The minimum Gasteiger partial charge on any atom is -0.436 e. The van der Waals surface area contributed by atoms with E-state index in [0.29, 0.717) is 28.9 Å². The summed E-state index contributed by atoms with van der Waals surface area (Å²) in [5, 5.41) is 7.56. The Bertz CT molecular complexity index is 2820. The third-order valence-corrected chi connectivity index (χ3v) is 9.53. The van der Waals surface area contributed by atoms with Crippen molar-refractivity contribution >= 4 is 43.4 Å². The van der Waals surface area contributed by atoms with E-state index in [-0.39, 0.29) is 0 Å². The summed E-state index contributed by atoms with van der Waals surface area (Å²) >= 11 is 0. The van der Waals surface area contributed by atoms with Crippen molar-refractivity contribution in [1.29, 1.82) is 0 Å². The van der Waals surface area contributed by atoms with Crippen molar-refractivity contribution in [3.63, 3.8) is 0 Å². The molecule has 0 unspecified atom stereocenters. The van der Waals surface area contributed by atoms with Crippen LogP contribution in [0, 0.1) is 0 Å². The maximum Gasteiger partial charge on any atom is 0.227 e. The van der Waals surface area contributed by atoms with E-state index in [0.717, 1.165) is 38.9 Å². The number of fused-ring (bicyclic) bond motifs is 7. The van der Waals surface area contributed by atoms with Gasteiger partial charge < -0.3 is 4.42 Å². The Labute approximate surface area is 293 Å². The number of aromatic nitrogens is 4. The van der Waals surface area contributed by atoms with E-state index in [9.17, 15) is 0 Å². The van der Waals surface area contributed by atoms with Crippen LogP contribution in [0.1, 0.15) is 0 Å². The molecule has 0 saturated carbocycles. The van der Waals surface area contributed by atoms with Crippen molar-refractivity contribution < 1.29 is 4.42 Å². The molecule has 10 aromatic rings. The second-order valence-corrected chi connectivity index (χ2v) is 12.7. The Balaban J connectivity index is 1.04. The zero-order valence-corrected chi connectivity index (χ0v) is 27.4. The van der Waals surface area contributed by atoms with Crippen LogP contribution in [-0.2, 0) is 0 Å². The molecule has 51 heavy (non-hydrogen) atoms. The van der Waals surface area contributed by atoms with Gasteiger partial charge >= 0.3 is 0 Å². The number of nitrogens with zero attached hydrogens (tertiary/aromatic N) is 4. The molecule has 2 heterocycles. The first kappa shape index (κ1) is 29.0. The number of rotatable bonds is 5. The van der Waals surface area contributed by atoms with Gasteiger partial charge in [-0.3, -0.25) is 0 Å². The van der Waals surface area contributed by atoms with Crippen molar-refractivity contribution in [3.8, 4) is 56.7 Å². The Morgan fingerprint density at radius 3 is 1.39 bits per heavy atom. The fourth-order valence-corrected chi connectivity index (χ4v) is 7.04. The molecule has 0 N–H and O–H groups in total. The molecule has 0 fully saturated rings. The van der Waals surface area contributed by atoms with Gasteiger partial charge in [-0.1, -0.05) is 133 Å². The molecule has 5 heteroatoms. The summed E-state index contributed by atoms with van der Waals surface area (Å²) < 4.78 is 6.43. The third-order valence-electron chi connectivity index (χ3n) is 9.53. The molecule has 0 amide bonds. The van der Waals surface area contributed by atoms with Gasteiger partial charge in [0.1, 0.15) is 5.52 Å². The van der Waals surface area contributed by atoms with Crippen molar-refractivity contribution in [2.75, 3.05) is 0 Å². The van der Waals surface area contributed by atoms with Crippen LogP contribution in [0.4, 0.5) is 0 Å². The summed E-state index contributed by atoms with van der Waals surface area (Å²) in [4.78, 5) is 19.5. The standard InChI is InChI=1S/C46H28N4O/c1-3-12-29(13-4-1)43-48-44(30-14-5-2-6-15-30)50-45(49-43)33-23-25-41-42(28-33)51-46(47-41)34-17-11-16-31(26-34)32-22-24-39-37-20-8-7-18-35(37)36-19-9-10-21-38(36)40(39)27-32/h1-28H. The number of hydrogen-bond acceptors (Lipinski definition) is 5. The largest absolute Gasteiger partial charge is 0.436 e. The second kappa shape index (κ2) is 11.9. The van der Waals surface area contributed by atoms with Gasteiger partial charge in [-0.25, -0.2) is 19.9 Å². The van der Waals surface area contributed by atoms with E-state index in [1.54, 1.807) is 0 Å². The van der Waals surface area contributed by atoms with E-state index >= 15 is 0 Å². The van der Waals surface area contributed by atoms with Crippen LogP contribution < -0.4 is 0 Å². The van der Waals surface area contributed by atoms with Crippen molar-refractivity contribution in [2.24, 2.45) is 0 Å². The molecule has 0 aliphatic carbocycles. The molecule has 0 aliphatic rings. The summed E-state index contributed by atoms with van der Waals surface area (Å²) in [6, 6.07) is 58.4. The highest BCUT2D eigenvalue weighted by Gasteiger charge is 2.16. The minimum atomic E-state index is 0.562. The average Bonchev–Trinajstić information content (AvgIpc) is 3.65. The van der Waals surface area contributed by atoms with E-state index < -0.39 is 0 Å². The van der Waals surface area contributed by atoms with Gasteiger partial charge in [-0.05, 0) is 79.8 Å². The van der Waals surface area contributed by atoms with Gasteiger partial charge in [0.25, 0.3) is 0 Å². The van der Waals surface area contributed by atoms with Gasteiger partial charge in [-0.15, -0.1) is 0 Å². The van der Waals surface area contributed by atoms with Crippen LogP contribution in [-0.4, -0.2) is 19.9 Å². The Kier molecular flexibility index (Phi) is 6.74. The summed E-state index contributed by atoms with van der Waals surface area (Å²) in [7, 11) is 0. The first-order valence-electron chi connectivity index (χ1n) is 17.0. The lowest BCUT2D eigenvalue weighted by atomic mass is 9.92. The van der Waals surface area contributed by atoms with Crippen molar-refractivity contribution in [1.82, 2.24) is 19.9 Å². The molecular formula is C46H28N4O. The van der Waals surface area contributed by atoms with Gasteiger partial charge in [0.05, 0.1) is 0 Å². The average molecular weight is 653 g/mol. The van der Waals surface area contributed by atoms with Crippen LogP contribution >= 0.6 is 0 Å². The quantitative estimate of drug-likeness (QED) is 0.173. The summed E-state index contributed by atoms with van der Waals surface area (Å²) in [6.07, 6.45) is 0. The minimum absolute atomic E-state index is 0.562. The summed E-state index contributed by atoms with van der Waals surface area (Å²) in [6.45, 7) is 0. The smallest absolute Gasteiger partial charge is 0.227 e. The molecule has 8 aromatic carbocycles. The van der Waals surface area contributed by atoms with Crippen LogP contribution in [0.25, 0.3) is 100 Å². The van der Waals surface area contributed by atoms with Crippen LogP contribution in [0.3, 0.4) is 0 Å². The highest BCUT2D eigenvalue weighted by Crippen LogP contribution is 2.38. The maximum atomic E-state index is 6.43. The number of oxazole rings is 1. The second-order valence-electron chi connectivity index (χ2n) is 12.7. The molecule has 0 spiro atoms. The van der Waals surface area contributed by atoms with E-state index in [1.165, 1.54) is 32.3 Å². The molecule has 10 rings (SSSR count). The van der Waals surface area contributed by atoms with Gasteiger partial charge in [0, 0.05) is 22.3 Å². The van der Waals surface area contributed by atoms with Crippen LogP contribution in [0.5, 0.6) is 0 Å². The van der Waals surface area contributed by atoms with E-state index in [1.807, 2.05) is 84.9 Å². The molecule has 2 aromatic heterocycles. The SMILES string of the molecule is c1ccc(-c2nc(-c3ccccc3)nc(-c3ccc4nc(-c5cccc(-c6ccc7c8ccccc8c8ccccc8c7c6)c5)oc4c3)n2)cc1. The summed E-state index contributed by atoms with van der Waals surface area (Å²) in [5.41, 5.74) is 7.26. The summed E-state index contributed by atoms with van der Waals surface area (Å²) in [5.74, 6) is 2.36. The van der Waals surface area contributed by atoms with E-state index in [2.05, 4.69) is 84.9 Å². The fourth-order valence-electron chi connectivity index (χ4n) is 7.04. The van der Waals surface area contributed by atoms with Crippen molar-refractivity contribution in [2.45, 2.75) is 0 Å². The Morgan fingerprint density at radius 2 is 0.765 bits per heavy atom. The first-order chi connectivity index (χ1) is 25.2. The first-order valence-corrected chi connectivity index (χ1v) is 17.0. The molecule has 238 valence electrons. The predicted octanol–water partition coefficient (Wildman–Crippen LogP) is 11.8. The van der Waals surface area contributed by atoms with Crippen molar-refractivity contribution in [3.05, 3.63) is 170 Å². The lowest BCUT2D eigenvalue weighted by Gasteiger charge is -2.12. The lowest BCUT2D eigenvalue weighted by molar-refractivity contribution is 0.620. The monoisotopic (exact) mass is 652 g/mol. The van der Waals surface area contributed by atoms with Gasteiger partial charge in [-0.2, -0.15) is 0 Å². The highest BCUT2D eigenvalue weighted by atomic mass is 16.3. The molecular weight excluding hydrogens is 625 g/mol. The number of benzene rings is 8. The normalized spacial score (nSPS) is 11.5. The number of hydrogen-bond donors (Lipinski definition) is 0. The molecule has 5 nitrogen and oxygen atoms in total. The molecule has 0 radical (unpaired) electrons. The molecule has 0 saturated heterocycles. The third kappa shape index (κ3) is 5.11. The van der Waals surface area contributed by atoms with Gasteiger partial charge in [0.2, 0.25) is 5.89 Å². The van der Waals surface area contributed by atoms with E-state index in [4.69, 9.17) is 24.4 Å². The highest BCUT2D eigenvalue weighted by molar-refractivity contribution is 6.25. The maximum absolute atomic E-state index is 6.43. The zero-order valence-electron chi connectivity index (χ0n) is 27.4. The molecule has 0 bridgehead atoms.